The molecule has 0 aromatic carbocycles. The Labute approximate surface area is 191 Å². The molecule has 0 fully saturated rings. The Morgan fingerprint density at radius 3 is 2.00 bits per heavy atom. The van der Waals surface area contributed by atoms with Crippen molar-refractivity contribution in [2.24, 2.45) is 5.92 Å². The summed E-state index contributed by atoms with van der Waals surface area (Å²) in [5.74, 6) is -2.03. The summed E-state index contributed by atoms with van der Waals surface area (Å²) in [6.45, 7) is 4.36. The Hall–Kier alpha value is 0.850. The zero-order chi connectivity index (χ0) is 17.2. The largest absolute Gasteiger partial charge is 1.00 e. The molecule has 0 saturated heterocycles. The number of unbranched alkanes of at least 4 members (excludes halogenated alkanes) is 4. The first-order valence-corrected chi connectivity index (χ1v) is 8.99. The number of hydrogen-bond donors (Lipinski definition) is 2. The second kappa shape index (κ2) is 16.1. The van der Waals surface area contributed by atoms with Crippen molar-refractivity contribution < 1.29 is 94.4 Å². The van der Waals surface area contributed by atoms with Crippen molar-refractivity contribution in [3.63, 3.8) is 0 Å². The van der Waals surface area contributed by atoms with E-state index in [-0.39, 0.29) is 68.6 Å². The van der Waals surface area contributed by atoms with E-state index >= 15 is 0 Å². The smallest absolute Gasteiger partial charge is 1.00 e. The quantitative estimate of drug-likeness (QED) is 0.155. The number of aliphatic carboxylic acids is 1. The molecule has 10 heteroatoms. The maximum atomic E-state index is 11.5. The van der Waals surface area contributed by atoms with Crippen molar-refractivity contribution in [3.05, 3.63) is 0 Å². The molecule has 1 unspecified atom stereocenters. The van der Waals surface area contributed by atoms with Crippen LogP contribution in [0.1, 0.15) is 61.6 Å². The third kappa shape index (κ3) is 16.3. The minimum Gasteiger partial charge on any atom is -1.00 e. The van der Waals surface area contributed by atoms with Gasteiger partial charge in [0.25, 0.3) is 10.1 Å². The molecule has 0 heterocycles. The molecule has 0 aliphatic carbocycles. The van der Waals surface area contributed by atoms with Crippen LogP contribution >= 0.6 is 0 Å². The summed E-state index contributed by atoms with van der Waals surface area (Å²) in [6.07, 6.45) is 4.85. The predicted molar refractivity (Wildman–Crippen MR) is 83.3 cm³/mol. The van der Waals surface area contributed by atoms with Crippen molar-refractivity contribution in [2.75, 3.05) is 6.61 Å². The van der Waals surface area contributed by atoms with Crippen LogP contribution in [0.5, 0.6) is 0 Å². The van der Waals surface area contributed by atoms with Gasteiger partial charge in [0.1, 0.15) is 0 Å². The Morgan fingerprint density at radius 2 is 1.54 bits per heavy atom. The van der Waals surface area contributed by atoms with Crippen LogP contribution in [-0.4, -0.2) is 41.9 Å². The van der Waals surface area contributed by atoms with Gasteiger partial charge in [0.05, 0.1) is 13.0 Å². The minimum atomic E-state index is -4.78. The van der Waals surface area contributed by atoms with Gasteiger partial charge in [-0.25, -0.2) is 0 Å². The summed E-state index contributed by atoms with van der Waals surface area (Å²) < 4.78 is 35.5. The summed E-state index contributed by atoms with van der Waals surface area (Å²) in [6, 6.07) is 0. The molecule has 0 rings (SSSR count). The zero-order valence-corrected chi connectivity index (χ0v) is 20.0. The fourth-order valence-electron chi connectivity index (χ4n) is 1.92. The second-order valence-corrected chi connectivity index (χ2v) is 7.32. The molecule has 7 nitrogen and oxygen atoms in total. The van der Waals surface area contributed by atoms with Gasteiger partial charge in [-0.05, 0) is 12.3 Å². The molecular weight excluding hydrogens is 358 g/mol. The number of hydrogen-bond acceptors (Lipinski definition) is 5. The van der Waals surface area contributed by atoms with E-state index in [0.717, 1.165) is 25.7 Å². The van der Waals surface area contributed by atoms with E-state index in [9.17, 15) is 18.0 Å². The van der Waals surface area contributed by atoms with Gasteiger partial charge >= 0.3 is 71.1 Å². The SMILES string of the molecule is CC(C)CCCCCCCOC(=O)C(CC(=O)O)S(=O)(=O)O.[H-].[H-].[Na+].[Na+]. The summed E-state index contributed by atoms with van der Waals surface area (Å²) in [4.78, 5) is 22.0. The molecule has 0 amide bonds. The van der Waals surface area contributed by atoms with Crippen LogP contribution in [0.2, 0.25) is 0 Å². The molecule has 0 spiro atoms. The maximum absolute atomic E-state index is 11.5. The molecule has 1 atom stereocenters. The van der Waals surface area contributed by atoms with Crippen LogP contribution < -0.4 is 59.1 Å². The van der Waals surface area contributed by atoms with E-state index < -0.39 is 33.7 Å². The molecule has 0 saturated carbocycles. The summed E-state index contributed by atoms with van der Waals surface area (Å²) in [7, 11) is -4.78. The molecule has 2 N–H and O–H groups in total. The monoisotopic (exact) mass is 386 g/mol. The first kappa shape index (κ1) is 29.6. The molecule has 134 valence electrons. The van der Waals surface area contributed by atoms with Gasteiger partial charge in [-0.2, -0.15) is 8.42 Å². The van der Waals surface area contributed by atoms with E-state index in [1.54, 1.807) is 0 Å². The number of carboxylic acid groups (broad SMARTS) is 1. The third-order valence-corrected chi connectivity index (χ3v) is 4.23. The van der Waals surface area contributed by atoms with Crippen LogP contribution in [-0.2, 0) is 24.4 Å². The van der Waals surface area contributed by atoms with E-state index in [0.29, 0.717) is 12.3 Å². The Morgan fingerprint density at radius 1 is 1.04 bits per heavy atom. The van der Waals surface area contributed by atoms with Gasteiger partial charge in [0, 0.05) is 0 Å². The molecule has 0 bridgehead atoms. The summed E-state index contributed by atoms with van der Waals surface area (Å²) in [5, 5.41) is 6.48. The van der Waals surface area contributed by atoms with Gasteiger partial charge < -0.3 is 12.7 Å². The number of ether oxygens (including phenoxy) is 1. The van der Waals surface area contributed by atoms with Crippen molar-refractivity contribution in [1.82, 2.24) is 0 Å². The maximum Gasteiger partial charge on any atom is 1.00 e. The van der Waals surface area contributed by atoms with Crippen LogP contribution in [0.25, 0.3) is 0 Å². The van der Waals surface area contributed by atoms with Gasteiger partial charge in [-0.3, -0.25) is 14.1 Å². The minimum absolute atomic E-state index is 0. The number of esters is 1. The molecule has 0 aliphatic heterocycles. The number of carboxylic acids is 1. The van der Waals surface area contributed by atoms with Crippen LogP contribution in [0, 0.1) is 5.92 Å². The van der Waals surface area contributed by atoms with Crippen LogP contribution in [0.4, 0.5) is 0 Å². The van der Waals surface area contributed by atoms with Crippen LogP contribution in [0.3, 0.4) is 0 Å². The fraction of sp³-hybridized carbons (Fsp3) is 0.857. The number of rotatable bonds is 12. The van der Waals surface area contributed by atoms with E-state index in [4.69, 9.17) is 14.4 Å². The fourth-order valence-corrected chi connectivity index (χ4v) is 2.58. The normalized spacial score (nSPS) is 12.0. The average Bonchev–Trinajstić information content (AvgIpc) is 2.37. The van der Waals surface area contributed by atoms with E-state index in [1.165, 1.54) is 6.42 Å². The van der Waals surface area contributed by atoms with E-state index in [2.05, 4.69) is 13.8 Å². The van der Waals surface area contributed by atoms with Crippen molar-refractivity contribution in [1.29, 1.82) is 0 Å². The molecule has 24 heavy (non-hydrogen) atoms. The van der Waals surface area contributed by atoms with Crippen LogP contribution in [0.15, 0.2) is 0 Å². The van der Waals surface area contributed by atoms with Crippen molar-refractivity contribution in [2.45, 2.75) is 64.0 Å². The van der Waals surface area contributed by atoms with Gasteiger partial charge in [-0.1, -0.05) is 46.0 Å². The van der Waals surface area contributed by atoms with E-state index in [1.807, 2.05) is 0 Å². The molecule has 0 aromatic rings. The Kier molecular flexibility index (Phi) is 19.8. The Bertz CT molecular complexity index is 462. The summed E-state index contributed by atoms with van der Waals surface area (Å²) >= 11 is 0. The van der Waals surface area contributed by atoms with Gasteiger partial charge in [-0.15, -0.1) is 0 Å². The molecule has 0 radical (unpaired) electrons. The zero-order valence-electron chi connectivity index (χ0n) is 17.2. The molecule has 0 aliphatic rings. The third-order valence-electron chi connectivity index (χ3n) is 3.15. The topological polar surface area (TPSA) is 118 Å². The van der Waals surface area contributed by atoms with Gasteiger partial charge in [0.2, 0.25) is 0 Å². The molecular formula is C14H28Na2O7S. The van der Waals surface area contributed by atoms with Crippen molar-refractivity contribution in [3.8, 4) is 0 Å². The van der Waals surface area contributed by atoms with Gasteiger partial charge in [0.15, 0.2) is 5.25 Å². The first-order chi connectivity index (χ1) is 10.1. The molecule has 0 aromatic heterocycles. The Balaban J connectivity index is -0.000000367. The van der Waals surface area contributed by atoms with Crippen molar-refractivity contribution >= 4 is 22.1 Å². The number of carbonyl (C=O) groups is 2. The predicted octanol–water partition coefficient (Wildman–Crippen LogP) is -3.51. The number of carbonyl (C=O) groups excluding carboxylic acids is 1. The average molecular weight is 386 g/mol. The first-order valence-electron chi connectivity index (χ1n) is 7.49. The standard InChI is InChI=1S/C14H26O7S.2Na.2H/c1-11(2)8-6-4-3-5-7-9-21-14(17)12(10-13(15)16)22(18,19)20;;;;/h11-12H,3-10H2,1-2H3,(H,15,16)(H,18,19,20);;;;/q;2*+1;2*-1. The second-order valence-electron chi connectivity index (χ2n) is 5.72. The summed E-state index contributed by atoms with van der Waals surface area (Å²) in [5.41, 5.74) is 0.